The van der Waals surface area contributed by atoms with Crippen LogP contribution in [0.2, 0.25) is 0 Å². The number of hydrogen-bond acceptors (Lipinski definition) is 5. The van der Waals surface area contributed by atoms with Gasteiger partial charge in [-0.3, -0.25) is 4.79 Å². The van der Waals surface area contributed by atoms with Crippen LogP contribution < -0.4 is 5.32 Å². The predicted octanol–water partition coefficient (Wildman–Crippen LogP) is 3.63. The third kappa shape index (κ3) is 3.80. The van der Waals surface area contributed by atoms with Gasteiger partial charge in [-0.25, -0.2) is 19.0 Å². The molecule has 0 spiro atoms. The van der Waals surface area contributed by atoms with Gasteiger partial charge in [0.2, 0.25) is 5.91 Å². The van der Waals surface area contributed by atoms with Gasteiger partial charge >= 0.3 is 0 Å². The monoisotopic (exact) mass is 377 g/mol. The molecule has 7 nitrogen and oxygen atoms in total. The first-order valence-corrected chi connectivity index (χ1v) is 8.65. The minimum atomic E-state index is -0.384. The molecule has 8 heteroatoms. The van der Waals surface area contributed by atoms with Gasteiger partial charge in [0.1, 0.15) is 5.82 Å². The Bertz CT molecular complexity index is 1090. The lowest BCUT2D eigenvalue weighted by Gasteiger charge is -2.09. The van der Waals surface area contributed by atoms with Crippen LogP contribution in [0.25, 0.3) is 17.1 Å². The van der Waals surface area contributed by atoms with Gasteiger partial charge in [0, 0.05) is 31.4 Å². The number of nitrogens with zero attached hydrogens (tertiary/aromatic N) is 4. The number of pyridine rings is 1. The number of oxazole rings is 1. The third-order valence-corrected chi connectivity index (χ3v) is 4.04. The number of amides is 1. The smallest absolute Gasteiger partial charge is 0.224 e. The van der Waals surface area contributed by atoms with E-state index in [1.807, 2.05) is 0 Å². The van der Waals surface area contributed by atoms with Crippen LogP contribution in [-0.4, -0.2) is 25.7 Å². The number of aromatic nitrogens is 4. The Kier molecular flexibility index (Phi) is 4.92. The molecule has 3 heterocycles. The van der Waals surface area contributed by atoms with Gasteiger partial charge in [-0.2, -0.15) is 5.10 Å². The lowest BCUT2D eigenvalue weighted by molar-refractivity contribution is -0.116. The van der Waals surface area contributed by atoms with Crippen LogP contribution in [0, 0.1) is 5.82 Å². The summed E-state index contributed by atoms with van der Waals surface area (Å²) < 4.78 is 21.0. The lowest BCUT2D eigenvalue weighted by Crippen LogP contribution is -2.15. The highest BCUT2D eigenvalue weighted by Gasteiger charge is 2.13. The van der Waals surface area contributed by atoms with Crippen LogP contribution in [-0.2, 0) is 11.2 Å². The molecule has 0 saturated heterocycles. The van der Waals surface area contributed by atoms with Crippen molar-refractivity contribution in [3.63, 3.8) is 0 Å². The fraction of sp³-hybridized carbons (Fsp3) is 0.100. The summed E-state index contributed by atoms with van der Waals surface area (Å²) in [4.78, 5) is 20.7. The quantitative estimate of drug-likeness (QED) is 0.554. The molecule has 0 atom stereocenters. The fourth-order valence-electron chi connectivity index (χ4n) is 2.72. The number of nitrogens with one attached hydrogen (secondary N) is 1. The number of carbonyl (C=O) groups is 1. The Balaban J connectivity index is 1.41. The molecule has 4 rings (SSSR count). The lowest BCUT2D eigenvalue weighted by atomic mass is 10.2. The second-order valence-corrected chi connectivity index (χ2v) is 5.97. The standard InChI is InChI=1S/C20H16FN5O2/c21-15-6-2-1-5-14(15)17-13-23-19(28-17)9-8-18(27)25-16-7-3-10-22-20(16)26-12-4-11-24-26/h1-7,10-13H,8-9H2,(H,25,27). The van der Waals surface area contributed by atoms with Gasteiger partial charge in [0.15, 0.2) is 17.5 Å². The summed E-state index contributed by atoms with van der Waals surface area (Å²) in [5, 5.41) is 6.96. The van der Waals surface area contributed by atoms with E-state index < -0.39 is 0 Å². The Hall–Kier alpha value is -3.81. The van der Waals surface area contributed by atoms with Crippen LogP contribution in [0.3, 0.4) is 0 Å². The van der Waals surface area contributed by atoms with E-state index in [9.17, 15) is 9.18 Å². The second kappa shape index (κ2) is 7.83. The molecule has 0 fully saturated rings. The Labute approximate surface area is 159 Å². The van der Waals surface area contributed by atoms with Crippen LogP contribution >= 0.6 is 0 Å². The molecular weight excluding hydrogens is 361 g/mol. The highest BCUT2D eigenvalue weighted by molar-refractivity contribution is 5.92. The average Bonchev–Trinajstić information content (AvgIpc) is 3.39. The molecule has 28 heavy (non-hydrogen) atoms. The summed E-state index contributed by atoms with van der Waals surface area (Å²) in [5.41, 5.74) is 0.889. The van der Waals surface area contributed by atoms with E-state index in [2.05, 4.69) is 20.4 Å². The van der Waals surface area contributed by atoms with Crippen molar-refractivity contribution in [3.8, 4) is 17.1 Å². The summed E-state index contributed by atoms with van der Waals surface area (Å²) in [7, 11) is 0. The summed E-state index contributed by atoms with van der Waals surface area (Å²) in [6, 6.07) is 11.6. The Morgan fingerprint density at radius 2 is 2.00 bits per heavy atom. The van der Waals surface area contributed by atoms with E-state index >= 15 is 0 Å². The first-order chi connectivity index (χ1) is 13.7. The molecule has 4 aromatic rings. The van der Waals surface area contributed by atoms with Crippen molar-refractivity contribution in [2.45, 2.75) is 12.8 Å². The van der Waals surface area contributed by atoms with Crippen molar-refractivity contribution in [2.75, 3.05) is 5.32 Å². The van der Waals surface area contributed by atoms with Crippen LogP contribution in [0.1, 0.15) is 12.3 Å². The van der Waals surface area contributed by atoms with E-state index in [-0.39, 0.29) is 24.6 Å². The largest absolute Gasteiger partial charge is 0.441 e. The maximum absolute atomic E-state index is 13.8. The van der Waals surface area contributed by atoms with Gasteiger partial charge in [0.05, 0.1) is 17.4 Å². The van der Waals surface area contributed by atoms with Gasteiger partial charge in [-0.05, 0) is 30.3 Å². The van der Waals surface area contributed by atoms with Crippen LogP contribution in [0.15, 0.2) is 71.7 Å². The second-order valence-electron chi connectivity index (χ2n) is 5.97. The van der Waals surface area contributed by atoms with Gasteiger partial charge < -0.3 is 9.73 Å². The topological polar surface area (TPSA) is 85.8 Å². The zero-order chi connectivity index (χ0) is 19.3. The molecule has 3 aromatic heterocycles. The first-order valence-electron chi connectivity index (χ1n) is 8.65. The third-order valence-electron chi connectivity index (χ3n) is 4.04. The van der Waals surface area contributed by atoms with E-state index in [1.54, 1.807) is 59.7 Å². The molecule has 1 N–H and O–H groups in total. The van der Waals surface area contributed by atoms with E-state index in [1.165, 1.54) is 12.3 Å². The Morgan fingerprint density at radius 3 is 2.82 bits per heavy atom. The number of benzene rings is 1. The first kappa shape index (κ1) is 17.6. The summed E-state index contributed by atoms with van der Waals surface area (Å²) in [6.07, 6.45) is 6.92. The number of halogens is 1. The molecule has 1 amide bonds. The molecular formula is C20H16FN5O2. The highest BCUT2D eigenvalue weighted by atomic mass is 19.1. The number of hydrogen-bond donors (Lipinski definition) is 1. The van der Waals surface area contributed by atoms with Crippen molar-refractivity contribution in [1.82, 2.24) is 19.7 Å². The molecule has 0 aliphatic carbocycles. The predicted molar refractivity (Wildman–Crippen MR) is 100 cm³/mol. The van der Waals surface area contributed by atoms with Gasteiger partial charge in [0.25, 0.3) is 0 Å². The van der Waals surface area contributed by atoms with Crippen molar-refractivity contribution in [3.05, 3.63) is 79.0 Å². The summed E-state index contributed by atoms with van der Waals surface area (Å²) in [5.74, 6) is 0.630. The van der Waals surface area contributed by atoms with Crippen LogP contribution in [0.5, 0.6) is 0 Å². The molecule has 0 unspecified atom stereocenters. The maximum Gasteiger partial charge on any atom is 0.224 e. The zero-order valence-electron chi connectivity index (χ0n) is 14.7. The SMILES string of the molecule is O=C(CCc1ncc(-c2ccccc2F)o1)Nc1cccnc1-n1cccn1. The van der Waals surface area contributed by atoms with Crippen molar-refractivity contribution < 1.29 is 13.6 Å². The van der Waals surface area contributed by atoms with Crippen LogP contribution in [0.4, 0.5) is 10.1 Å². The fourth-order valence-corrected chi connectivity index (χ4v) is 2.72. The van der Waals surface area contributed by atoms with E-state index in [4.69, 9.17) is 4.42 Å². The molecule has 0 saturated carbocycles. The number of aryl methyl sites for hydroxylation is 1. The minimum absolute atomic E-state index is 0.157. The van der Waals surface area contributed by atoms with E-state index in [0.717, 1.165) is 0 Å². The Morgan fingerprint density at radius 1 is 1.11 bits per heavy atom. The zero-order valence-corrected chi connectivity index (χ0v) is 14.7. The van der Waals surface area contributed by atoms with Crippen molar-refractivity contribution in [2.24, 2.45) is 0 Å². The minimum Gasteiger partial charge on any atom is -0.441 e. The summed E-state index contributed by atoms with van der Waals surface area (Å²) in [6.45, 7) is 0. The molecule has 0 aliphatic heterocycles. The van der Waals surface area contributed by atoms with Gasteiger partial charge in [-0.15, -0.1) is 0 Å². The number of anilines is 1. The summed E-state index contributed by atoms with van der Waals surface area (Å²) >= 11 is 0. The molecule has 0 aliphatic rings. The average molecular weight is 377 g/mol. The number of rotatable bonds is 6. The normalized spacial score (nSPS) is 10.8. The highest BCUT2D eigenvalue weighted by Crippen LogP contribution is 2.23. The molecule has 0 bridgehead atoms. The van der Waals surface area contributed by atoms with E-state index in [0.29, 0.717) is 28.7 Å². The molecule has 1 aromatic carbocycles. The van der Waals surface area contributed by atoms with Gasteiger partial charge in [-0.1, -0.05) is 12.1 Å². The maximum atomic E-state index is 13.8. The van der Waals surface area contributed by atoms with Crippen molar-refractivity contribution >= 4 is 11.6 Å². The number of carbonyl (C=O) groups excluding carboxylic acids is 1. The van der Waals surface area contributed by atoms with Crippen molar-refractivity contribution in [1.29, 1.82) is 0 Å². The molecule has 0 radical (unpaired) electrons. The molecule has 140 valence electrons.